The lowest BCUT2D eigenvalue weighted by atomic mass is 10.1. The van der Waals surface area contributed by atoms with E-state index in [-0.39, 0.29) is 28.7 Å². The largest absolute Gasteiger partial charge is 0.350 e. The minimum Gasteiger partial charge on any atom is -0.350 e. The first-order valence-electron chi connectivity index (χ1n) is 5.63. The molecule has 0 aliphatic heterocycles. The number of hydrogen-bond donors (Lipinski definition) is 2. The summed E-state index contributed by atoms with van der Waals surface area (Å²) >= 11 is 14.8. The van der Waals surface area contributed by atoms with Crippen molar-refractivity contribution in [2.75, 3.05) is 11.8 Å². The maximum Gasteiger partial charge on any atom is 0.236 e. The Hall–Kier alpha value is -0.0300. The molecule has 0 aromatic carbocycles. The number of nitrogens with one attached hydrogen (secondary N) is 1. The first kappa shape index (κ1) is 24.0. The molecule has 3 N–H and O–H groups in total. The van der Waals surface area contributed by atoms with Crippen molar-refractivity contribution in [3.8, 4) is 0 Å². The fourth-order valence-electron chi connectivity index (χ4n) is 0.452. The summed E-state index contributed by atoms with van der Waals surface area (Å²) in [5, 5.41) is 2.19. The zero-order chi connectivity index (χ0) is 16.3. The Morgan fingerprint density at radius 1 is 1.00 bits per heavy atom. The number of carbonyl (C=O) groups is 2. The fraction of sp³-hybridized carbons (Fsp3) is 0.833. The second kappa shape index (κ2) is 11.8. The summed E-state index contributed by atoms with van der Waals surface area (Å²) in [5.74, 6) is -0.178. The number of halogens is 3. The van der Waals surface area contributed by atoms with E-state index in [0.717, 1.165) is 0 Å². The van der Waals surface area contributed by atoms with Gasteiger partial charge in [-0.1, -0.05) is 0 Å². The van der Waals surface area contributed by atoms with Crippen LogP contribution in [0.15, 0.2) is 0 Å². The van der Waals surface area contributed by atoms with Gasteiger partial charge in [0.05, 0.1) is 5.88 Å². The van der Waals surface area contributed by atoms with Gasteiger partial charge in [-0.15, -0.1) is 23.2 Å². The summed E-state index contributed by atoms with van der Waals surface area (Å²) in [6, 6.07) is 0. The van der Waals surface area contributed by atoms with Crippen molar-refractivity contribution in [2.24, 2.45) is 5.73 Å². The van der Waals surface area contributed by atoms with E-state index in [2.05, 4.69) is 5.32 Å². The van der Waals surface area contributed by atoms with Crippen molar-refractivity contribution in [1.29, 1.82) is 0 Å². The topological polar surface area (TPSA) is 72.2 Å². The summed E-state index contributed by atoms with van der Waals surface area (Å²) in [4.78, 5) is 20.0. The van der Waals surface area contributed by atoms with Gasteiger partial charge < -0.3 is 11.1 Å². The van der Waals surface area contributed by atoms with Gasteiger partial charge in [0.1, 0.15) is 5.88 Å². The molecule has 0 saturated carbocycles. The molecule has 0 spiro atoms. The van der Waals surface area contributed by atoms with Crippen LogP contribution in [0, 0.1) is 0 Å². The molecule has 0 atom stereocenters. The first-order valence-corrected chi connectivity index (χ1v) is 7.07. The average molecular weight is 336 g/mol. The molecule has 0 radical (unpaired) electrons. The third-order valence-corrected chi connectivity index (χ3v) is 1.50. The number of amides is 1. The van der Waals surface area contributed by atoms with Crippen LogP contribution in [0.2, 0.25) is 0 Å². The van der Waals surface area contributed by atoms with Gasteiger partial charge in [0.15, 0.2) is 0 Å². The Kier molecular flexibility index (Phi) is 14.9. The van der Waals surface area contributed by atoms with Crippen LogP contribution in [0.4, 0.5) is 0 Å². The number of carbonyl (C=O) groups excluding carboxylic acids is 2. The third-order valence-electron chi connectivity index (χ3n) is 0.741. The molecule has 0 aliphatic rings. The van der Waals surface area contributed by atoms with Crippen LogP contribution >= 0.6 is 34.8 Å². The molecule has 0 saturated heterocycles. The maximum atomic E-state index is 10.6. The van der Waals surface area contributed by atoms with Crippen molar-refractivity contribution >= 4 is 46.0 Å². The first-order chi connectivity index (χ1) is 8.22. The van der Waals surface area contributed by atoms with Crippen LogP contribution in [0.25, 0.3) is 0 Å². The highest BCUT2D eigenvalue weighted by atomic mass is 35.5. The average Bonchev–Trinajstić information content (AvgIpc) is 2.13. The van der Waals surface area contributed by atoms with E-state index < -0.39 is 5.24 Å². The van der Waals surface area contributed by atoms with E-state index in [1.165, 1.54) is 0 Å². The van der Waals surface area contributed by atoms with Gasteiger partial charge in [-0.05, 0) is 53.1 Å². The van der Waals surface area contributed by atoms with Crippen molar-refractivity contribution in [1.82, 2.24) is 5.32 Å². The predicted molar refractivity (Wildman–Crippen MR) is 84.1 cm³/mol. The SMILES string of the molecule is CC(C)(C)N.CC(C)(C)NC(=O)CCl.O=C(Cl)CCl. The summed E-state index contributed by atoms with van der Waals surface area (Å²) < 4.78 is 0. The van der Waals surface area contributed by atoms with Crippen LogP contribution in [0.3, 0.4) is 0 Å². The van der Waals surface area contributed by atoms with Gasteiger partial charge in [0, 0.05) is 11.1 Å². The smallest absolute Gasteiger partial charge is 0.236 e. The zero-order valence-electron chi connectivity index (χ0n) is 12.4. The van der Waals surface area contributed by atoms with Crippen molar-refractivity contribution in [3.63, 3.8) is 0 Å². The Morgan fingerprint density at radius 3 is 1.32 bits per heavy atom. The van der Waals surface area contributed by atoms with E-state index in [1.807, 2.05) is 41.5 Å². The Balaban J connectivity index is -0.000000219. The van der Waals surface area contributed by atoms with Gasteiger partial charge in [0.2, 0.25) is 11.1 Å². The van der Waals surface area contributed by atoms with Crippen LogP contribution in [-0.2, 0) is 9.59 Å². The second-order valence-electron chi connectivity index (χ2n) is 5.79. The monoisotopic (exact) mass is 334 g/mol. The molecule has 19 heavy (non-hydrogen) atoms. The minimum absolute atomic E-state index is 0. The number of hydrogen-bond acceptors (Lipinski definition) is 3. The molecule has 116 valence electrons. The molecule has 0 aromatic heterocycles. The van der Waals surface area contributed by atoms with Crippen molar-refractivity contribution < 1.29 is 9.59 Å². The number of nitrogens with two attached hydrogens (primary N) is 1. The lowest BCUT2D eigenvalue weighted by molar-refractivity contribution is -0.120. The molecule has 0 fully saturated rings. The van der Waals surface area contributed by atoms with E-state index in [4.69, 9.17) is 40.5 Å². The lowest BCUT2D eigenvalue weighted by Crippen LogP contribution is -2.41. The van der Waals surface area contributed by atoms with Gasteiger partial charge in [-0.3, -0.25) is 9.59 Å². The highest BCUT2D eigenvalue weighted by molar-refractivity contribution is 6.67. The highest BCUT2D eigenvalue weighted by Crippen LogP contribution is 1.97. The molecule has 4 nitrogen and oxygen atoms in total. The summed E-state index contributed by atoms with van der Waals surface area (Å²) in [6.45, 7) is 11.6. The van der Waals surface area contributed by atoms with Crippen molar-refractivity contribution in [3.05, 3.63) is 0 Å². The van der Waals surface area contributed by atoms with Crippen LogP contribution in [0.1, 0.15) is 41.5 Å². The summed E-state index contributed by atoms with van der Waals surface area (Å²) in [7, 11) is 0. The molecule has 0 aromatic rings. The molecule has 0 rings (SSSR count). The quantitative estimate of drug-likeness (QED) is 0.602. The second-order valence-corrected chi connectivity index (χ2v) is 6.74. The number of alkyl halides is 2. The normalized spacial score (nSPS) is 10.4. The van der Waals surface area contributed by atoms with Gasteiger partial charge in [-0.25, -0.2) is 0 Å². The predicted octanol–water partition coefficient (Wildman–Crippen LogP) is 2.87. The van der Waals surface area contributed by atoms with Crippen molar-refractivity contribution in [2.45, 2.75) is 52.6 Å². The zero-order valence-corrected chi connectivity index (χ0v) is 14.7. The van der Waals surface area contributed by atoms with E-state index in [1.54, 1.807) is 0 Å². The van der Waals surface area contributed by atoms with Crippen LogP contribution in [-0.4, -0.2) is 34.0 Å². The lowest BCUT2D eigenvalue weighted by Gasteiger charge is -2.19. The summed E-state index contributed by atoms with van der Waals surface area (Å²) in [6.07, 6.45) is 0. The number of rotatable bonds is 2. The maximum absolute atomic E-state index is 10.6. The summed E-state index contributed by atoms with van der Waals surface area (Å²) in [5.41, 5.74) is 5.19. The minimum atomic E-state index is -0.508. The molecule has 0 bridgehead atoms. The molecule has 0 aliphatic carbocycles. The molecular weight excluding hydrogens is 311 g/mol. The molecular formula is C12H25Cl3N2O2. The third kappa shape index (κ3) is 57.0. The van der Waals surface area contributed by atoms with Gasteiger partial charge in [0.25, 0.3) is 0 Å². The molecule has 7 heteroatoms. The molecule has 0 unspecified atom stereocenters. The van der Waals surface area contributed by atoms with E-state index >= 15 is 0 Å². The Bertz CT molecular complexity index is 253. The van der Waals surface area contributed by atoms with E-state index in [9.17, 15) is 9.59 Å². The Labute approximate surface area is 131 Å². The molecule has 0 heterocycles. The molecule has 1 amide bonds. The van der Waals surface area contributed by atoms with Crippen LogP contribution in [0.5, 0.6) is 0 Å². The fourth-order valence-corrected chi connectivity index (χ4v) is 0.518. The van der Waals surface area contributed by atoms with Gasteiger partial charge >= 0.3 is 0 Å². The van der Waals surface area contributed by atoms with E-state index in [0.29, 0.717) is 0 Å². The van der Waals surface area contributed by atoms with Gasteiger partial charge in [-0.2, -0.15) is 0 Å². The Morgan fingerprint density at radius 2 is 1.26 bits per heavy atom. The standard InChI is InChI=1S/C6H12ClNO.C4H11N.C2H2Cl2O/c1-6(2,3)8-5(9)4-7;1-4(2,3)5;3-1-2(4)5/h4H2,1-3H3,(H,8,9);5H2,1-3H3;1H2. The van der Waals surface area contributed by atoms with Crippen LogP contribution < -0.4 is 11.1 Å². The highest BCUT2D eigenvalue weighted by Gasteiger charge is 2.11.